The number of nitrogens with zero attached hydrogens (tertiary/aromatic N) is 1. The van der Waals surface area contributed by atoms with E-state index in [1.807, 2.05) is 18.2 Å². The minimum Gasteiger partial charge on any atom is -0.481 e. The highest BCUT2D eigenvalue weighted by molar-refractivity contribution is 7.16. The van der Waals surface area contributed by atoms with Crippen LogP contribution in [0.4, 0.5) is 0 Å². The van der Waals surface area contributed by atoms with E-state index in [1.54, 1.807) is 16.8 Å². The van der Waals surface area contributed by atoms with E-state index in [1.165, 1.54) is 0 Å². The van der Waals surface area contributed by atoms with Crippen LogP contribution < -0.4 is 0 Å². The Morgan fingerprint density at radius 2 is 2.40 bits per heavy atom. The minimum absolute atomic E-state index is 0.130. The summed E-state index contributed by atoms with van der Waals surface area (Å²) in [5.41, 5.74) is 3.48. The van der Waals surface area contributed by atoms with Crippen LogP contribution in [0.1, 0.15) is 12.0 Å². The van der Waals surface area contributed by atoms with Gasteiger partial charge in [0.05, 0.1) is 15.7 Å². The zero-order valence-electron chi connectivity index (χ0n) is 7.73. The molecule has 1 N–H and O–H groups in total. The van der Waals surface area contributed by atoms with Gasteiger partial charge in [-0.25, -0.2) is 4.98 Å². The summed E-state index contributed by atoms with van der Waals surface area (Å²) in [5, 5.41) is 8.42. The first-order chi connectivity index (χ1) is 7.25. The second kappa shape index (κ2) is 4.11. The number of hydrogen-bond donors (Lipinski definition) is 1. The highest BCUT2D eigenvalue weighted by Gasteiger charge is 1.96. The molecule has 0 spiro atoms. The Balaban J connectivity index is 2.27. The largest absolute Gasteiger partial charge is 0.481 e. The Morgan fingerprint density at radius 3 is 3.20 bits per heavy atom. The van der Waals surface area contributed by atoms with Gasteiger partial charge in [-0.15, -0.1) is 11.3 Å². The van der Waals surface area contributed by atoms with E-state index >= 15 is 0 Å². The summed E-state index contributed by atoms with van der Waals surface area (Å²) in [6, 6.07) is 5.67. The average molecular weight is 217 g/mol. The second-order valence-corrected chi connectivity index (χ2v) is 3.79. The highest BCUT2D eigenvalue weighted by Crippen LogP contribution is 2.18. The summed E-state index contributed by atoms with van der Waals surface area (Å²) in [6.45, 7) is 0. The average Bonchev–Trinajstić information content (AvgIpc) is 2.64. The molecule has 1 heterocycles. The van der Waals surface area contributed by atoms with Crippen LogP contribution in [0.5, 0.6) is 0 Å². The second-order valence-electron chi connectivity index (χ2n) is 2.91. The predicted molar refractivity (Wildman–Crippen MR) is 58.8 cm³/mol. The molecule has 3 nitrogen and oxygen atoms in total. The quantitative estimate of drug-likeness (QED) is 0.744. The molecule has 0 amide bonds. The molecular weight excluding hydrogens is 210 g/mol. The maximum absolute atomic E-state index is 10.2. The zero-order chi connectivity index (χ0) is 10.7. The Morgan fingerprint density at radius 1 is 1.53 bits per heavy atom. The van der Waals surface area contributed by atoms with Crippen LogP contribution in [0.3, 0.4) is 0 Å². The molecule has 4 heteroatoms. The van der Waals surface area contributed by atoms with E-state index in [0.29, 0.717) is 0 Å². The maximum Gasteiger partial charge on any atom is 0.315 e. The van der Waals surface area contributed by atoms with Crippen molar-refractivity contribution in [1.82, 2.24) is 4.98 Å². The van der Waals surface area contributed by atoms with Gasteiger partial charge < -0.3 is 5.11 Å². The van der Waals surface area contributed by atoms with E-state index in [4.69, 9.17) is 5.11 Å². The number of aromatic nitrogens is 1. The van der Waals surface area contributed by atoms with Crippen LogP contribution in [0.15, 0.2) is 23.7 Å². The van der Waals surface area contributed by atoms with Gasteiger partial charge in [-0.1, -0.05) is 11.8 Å². The summed E-state index contributed by atoms with van der Waals surface area (Å²) in [4.78, 5) is 14.4. The molecule has 0 saturated carbocycles. The molecule has 0 aliphatic rings. The third-order valence-electron chi connectivity index (χ3n) is 1.80. The number of hydrogen-bond acceptors (Lipinski definition) is 3. The Hall–Kier alpha value is -1.86. The fraction of sp³-hybridized carbons (Fsp3) is 0.0909. The Kier molecular flexibility index (Phi) is 2.66. The molecule has 2 rings (SSSR count). The van der Waals surface area contributed by atoms with Crippen molar-refractivity contribution in [2.24, 2.45) is 0 Å². The van der Waals surface area contributed by atoms with Gasteiger partial charge in [-0.05, 0) is 18.2 Å². The summed E-state index contributed by atoms with van der Waals surface area (Å²) in [7, 11) is 0. The molecule has 0 bridgehead atoms. The molecule has 1 aromatic heterocycles. The molecule has 15 heavy (non-hydrogen) atoms. The molecule has 0 unspecified atom stereocenters. The van der Waals surface area contributed by atoms with Gasteiger partial charge >= 0.3 is 5.97 Å². The summed E-state index contributed by atoms with van der Waals surface area (Å²) in [6.07, 6.45) is -0.130. The van der Waals surface area contributed by atoms with Gasteiger partial charge in [0.15, 0.2) is 0 Å². The van der Waals surface area contributed by atoms with E-state index in [2.05, 4.69) is 16.8 Å². The number of aliphatic carboxylic acids is 1. The van der Waals surface area contributed by atoms with Crippen LogP contribution in [0.25, 0.3) is 10.2 Å². The number of carboxylic acid groups (broad SMARTS) is 1. The normalized spacial score (nSPS) is 9.60. The van der Waals surface area contributed by atoms with Crippen LogP contribution in [-0.2, 0) is 4.79 Å². The van der Waals surface area contributed by atoms with E-state index in [-0.39, 0.29) is 6.42 Å². The highest BCUT2D eigenvalue weighted by atomic mass is 32.1. The molecule has 0 radical (unpaired) electrons. The first kappa shape index (κ1) is 9.69. The smallest absolute Gasteiger partial charge is 0.315 e. The van der Waals surface area contributed by atoms with Gasteiger partial charge in [0.2, 0.25) is 0 Å². The lowest BCUT2D eigenvalue weighted by Crippen LogP contribution is -1.90. The summed E-state index contributed by atoms with van der Waals surface area (Å²) in [5.74, 6) is 4.47. The monoisotopic (exact) mass is 217 g/mol. The van der Waals surface area contributed by atoms with Crippen LogP contribution in [0, 0.1) is 11.8 Å². The molecule has 0 saturated heterocycles. The van der Waals surface area contributed by atoms with Crippen LogP contribution >= 0.6 is 11.3 Å². The van der Waals surface area contributed by atoms with Gasteiger partial charge in [-0.3, -0.25) is 4.79 Å². The minimum atomic E-state index is -0.905. The maximum atomic E-state index is 10.2. The van der Waals surface area contributed by atoms with Gasteiger partial charge in [0, 0.05) is 5.56 Å². The third-order valence-corrected chi connectivity index (χ3v) is 2.61. The molecule has 1 aromatic carbocycles. The molecule has 0 fully saturated rings. The molecule has 74 valence electrons. The van der Waals surface area contributed by atoms with Crippen molar-refractivity contribution >= 4 is 27.5 Å². The summed E-state index contributed by atoms with van der Waals surface area (Å²) < 4.78 is 1.11. The number of fused-ring (bicyclic) bond motifs is 1. The van der Waals surface area contributed by atoms with Crippen LogP contribution in [-0.4, -0.2) is 16.1 Å². The Labute approximate surface area is 90.4 Å². The number of benzene rings is 1. The predicted octanol–water partition coefficient (Wildman–Crippen LogP) is 2.12. The van der Waals surface area contributed by atoms with Crippen molar-refractivity contribution in [1.29, 1.82) is 0 Å². The number of carboxylic acids is 1. The third kappa shape index (κ3) is 2.33. The number of carbonyl (C=O) groups is 1. The first-order valence-electron chi connectivity index (χ1n) is 4.29. The molecular formula is C11H7NO2S. The standard InChI is InChI=1S/C11H7NO2S/c13-11(14)3-1-2-8-4-5-10-9(6-8)12-7-15-10/h4-7H,3H2,(H,13,14). The Bertz CT molecular complexity index is 562. The van der Waals surface area contributed by atoms with Crippen molar-refractivity contribution in [2.75, 3.05) is 0 Å². The molecule has 0 aliphatic heterocycles. The first-order valence-corrected chi connectivity index (χ1v) is 5.17. The number of rotatable bonds is 1. The van der Waals surface area contributed by atoms with E-state index < -0.39 is 5.97 Å². The van der Waals surface area contributed by atoms with Crippen molar-refractivity contribution in [3.05, 3.63) is 29.3 Å². The lowest BCUT2D eigenvalue weighted by atomic mass is 10.2. The lowest BCUT2D eigenvalue weighted by Gasteiger charge is -1.89. The van der Waals surface area contributed by atoms with Crippen molar-refractivity contribution in [2.45, 2.75) is 6.42 Å². The zero-order valence-corrected chi connectivity index (χ0v) is 8.54. The topological polar surface area (TPSA) is 50.2 Å². The van der Waals surface area contributed by atoms with Crippen molar-refractivity contribution in [3.8, 4) is 11.8 Å². The van der Waals surface area contributed by atoms with Gasteiger partial charge in [-0.2, -0.15) is 0 Å². The number of thiazole rings is 1. The van der Waals surface area contributed by atoms with Gasteiger partial charge in [0.25, 0.3) is 0 Å². The molecule has 0 atom stereocenters. The SMILES string of the molecule is O=C(O)CC#Cc1ccc2scnc2c1. The summed E-state index contributed by atoms with van der Waals surface area (Å²) >= 11 is 1.57. The molecule has 2 aromatic rings. The molecule has 0 aliphatic carbocycles. The van der Waals surface area contributed by atoms with Crippen LogP contribution in [0.2, 0.25) is 0 Å². The van der Waals surface area contributed by atoms with Crippen molar-refractivity contribution in [3.63, 3.8) is 0 Å². The van der Waals surface area contributed by atoms with E-state index in [9.17, 15) is 4.79 Å². The lowest BCUT2D eigenvalue weighted by molar-refractivity contribution is -0.135. The fourth-order valence-electron chi connectivity index (χ4n) is 1.16. The van der Waals surface area contributed by atoms with E-state index in [0.717, 1.165) is 15.8 Å². The van der Waals surface area contributed by atoms with Crippen molar-refractivity contribution < 1.29 is 9.90 Å². The fourth-order valence-corrected chi connectivity index (χ4v) is 1.82. The van der Waals surface area contributed by atoms with Gasteiger partial charge in [0.1, 0.15) is 6.42 Å².